The molecule has 4 heteroatoms. The number of anilines is 1. The predicted octanol–water partition coefficient (Wildman–Crippen LogP) is 2.08. The summed E-state index contributed by atoms with van der Waals surface area (Å²) in [6.45, 7) is 0. The molecule has 0 heterocycles. The smallest absolute Gasteiger partial charge is 0.221 e. The summed E-state index contributed by atoms with van der Waals surface area (Å²) >= 11 is 0. The van der Waals surface area contributed by atoms with Crippen molar-refractivity contribution in [3.63, 3.8) is 0 Å². The van der Waals surface area contributed by atoms with Crippen LogP contribution in [0.2, 0.25) is 0 Å². The quantitative estimate of drug-likeness (QED) is 0.854. The zero-order valence-electron chi connectivity index (χ0n) is 11.4. The minimum absolute atomic E-state index is 0.288. The largest absolute Gasteiger partial charge is 0.382 e. The van der Waals surface area contributed by atoms with Gasteiger partial charge in [0.25, 0.3) is 0 Å². The second kappa shape index (κ2) is 6.57. The molecule has 0 bridgehead atoms. The first-order valence-electron chi connectivity index (χ1n) is 6.84. The van der Waals surface area contributed by atoms with E-state index in [4.69, 9.17) is 10.5 Å². The summed E-state index contributed by atoms with van der Waals surface area (Å²) in [5.74, 6) is -0.294. The van der Waals surface area contributed by atoms with E-state index in [1.54, 1.807) is 7.11 Å². The van der Waals surface area contributed by atoms with E-state index in [0.717, 1.165) is 36.9 Å². The van der Waals surface area contributed by atoms with E-state index in [1.807, 2.05) is 24.3 Å². The van der Waals surface area contributed by atoms with Crippen LogP contribution in [-0.2, 0) is 16.0 Å². The zero-order valence-corrected chi connectivity index (χ0v) is 11.4. The molecule has 0 saturated heterocycles. The van der Waals surface area contributed by atoms with Gasteiger partial charge in [0.15, 0.2) is 0 Å². The molecule has 2 rings (SSSR count). The molecule has 1 aromatic rings. The molecule has 3 N–H and O–H groups in total. The molecule has 0 atom stereocenters. The molecular weight excluding hydrogens is 240 g/mol. The van der Waals surface area contributed by atoms with E-state index in [2.05, 4.69) is 5.32 Å². The molecule has 0 aliphatic heterocycles. The Bertz CT molecular complexity index is 426. The van der Waals surface area contributed by atoms with Gasteiger partial charge in [-0.25, -0.2) is 0 Å². The first-order valence-corrected chi connectivity index (χ1v) is 6.84. The topological polar surface area (TPSA) is 64.3 Å². The van der Waals surface area contributed by atoms with Gasteiger partial charge in [0.1, 0.15) is 0 Å². The van der Waals surface area contributed by atoms with Crippen LogP contribution in [0, 0.1) is 0 Å². The van der Waals surface area contributed by atoms with Gasteiger partial charge in [0.05, 0.1) is 12.5 Å². The molecule has 1 aromatic carbocycles. The van der Waals surface area contributed by atoms with Crippen LogP contribution in [-0.4, -0.2) is 25.2 Å². The number of rotatable bonds is 5. The standard InChI is InChI=1S/C15H22N2O2/c1-19-13-8-6-12(7-9-13)17-14-5-3-2-4-11(14)10-15(16)18/h2-5,12-13,17H,6-10H2,1H3,(H2,16,18). The van der Waals surface area contributed by atoms with Crippen molar-refractivity contribution in [3.8, 4) is 0 Å². The second-order valence-electron chi connectivity index (χ2n) is 5.15. The van der Waals surface area contributed by atoms with Crippen LogP contribution >= 0.6 is 0 Å². The van der Waals surface area contributed by atoms with Crippen molar-refractivity contribution in [2.24, 2.45) is 5.73 Å². The number of carbonyl (C=O) groups is 1. The van der Waals surface area contributed by atoms with E-state index in [0.29, 0.717) is 12.1 Å². The maximum absolute atomic E-state index is 11.1. The summed E-state index contributed by atoms with van der Waals surface area (Å²) < 4.78 is 5.38. The first kappa shape index (κ1) is 13.9. The van der Waals surface area contributed by atoms with Crippen molar-refractivity contribution in [2.45, 2.75) is 44.2 Å². The van der Waals surface area contributed by atoms with Crippen LogP contribution < -0.4 is 11.1 Å². The fourth-order valence-corrected chi connectivity index (χ4v) is 2.67. The molecule has 0 unspecified atom stereocenters. The number of primary amides is 1. The molecule has 19 heavy (non-hydrogen) atoms. The zero-order chi connectivity index (χ0) is 13.7. The molecule has 1 amide bonds. The van der Waals surface area contributed by atoms with Crippen LogP contribution in [0.1, 0.15) is 31.2 Å². The Morgan fingerprint density at radius 1 is 1.32 bits per heavy atom. The van der Waals surface area contributed by atoms with Gasteiger partial charge in [0.2, 0.25) is 5.91 Å². The lowest BCUT2D eigenvalue weighted by atomic mass is 9.92. The van der Waals surface area contributed by atoms with E-state index in [9.17, 15) is 4.79 Å². The summed E-state index contributed by atoms with van der Waals surface area (Å²) in [7, 11) is 1.78. The van der Waals surface area contributed by atoms with Crippen molar-refractivity contribution >= 4 is 11.6 Å². The highest BCUT2D eigenvalue weighted by molar-refractivity contribution is 5.78. The second-order valence-corrected chi connectivity index (χ2v) is 5.15. The van der Waals surface area contributed by atoms with Crippen LogP contribution in [0.5, 0.6) is 0 Å². The number of methoxy groups -OCH3 is 1. The summed E-state index contributed by atoms with van der Waals surface area (Å²) in [6, 6.07) is 8.34. The van der Waals surface area contributed by atoms with Gasteiger partial charge in [-0.15, -0.1) is 0 Å². The Kier molecular flexibility index (Phi) is 4.80. The Morgan fingerprint density at radius 2 is 2.00 bits per heavy atom. The molecular formula is C15H22N2O2. The summed E-state index contributed by atoms with van der Waals surface area (Å²) in [4.78, 5) is 11.1. The molecule has 0 spiro atoms. The van der Waals surface area contributed by atoms with Gasteiger partial charge in [-0.3, -0.25) is 4.79 Å². The van der Waals surface area contributed by atoms with Gasteiger partial charge < -0.3 is 15.8 Å². The normalized spacial score (nSPS) is 23.0. The fourth-order valence-electron chi connectivity index (χ4n) is 2.67. The SMILES string of the molecule is COC1CCC(Nc2ccccc2CC(N)=O)CC1. The number of hydrogen-bond donors (Lipinski definition) is 2. The number of hydrogen-bond acceptors (Lipinski definition) is 3. The van der Waals surface area contributed by atoms with Gasteiger partial charge in [-0.1, -0.05) is 18.2 Å². The summed E-state index contributed by atoms with van der Waals surface area (Å²) in [5.41, 5.74) is 7.29. The predicted molar refractivity (Wildman–Crippen MR) is 76.0 cm³/mol. The molecule has 1 fully saturated rings. The van der Waals surface area contributed by atoms with Crippen molar-refractivity contribution in [1.82, 2.24) is 0 Å². The molecule has 0 aromatic heterocycles. The lowest BCUT2D eigenvalue weighted by Crippen LogP contribution is -2.29. The van der Waals surface area contributed by atoms with E-state index >= 15 is 0 Å². The van der Waals surface area contributed by atoms with Gasteiger partial charge in [-0.2, -0.15) is 0 Å². The number of ether oxygens (including phenoxy) is 1. The Labute approximate surface area is 114 Å². The summed E-state index contributed by atoms with van der Waals surface area (Å²) in [5, 5.41) is 3.54. The lowest BCUT2D eigenvalue weighted by molar-refractivity contribution is -0.117. The molecule has 0 radical (unpaired) electrons. The van der Waals surface area contributed by atoms with Crippen molar-refractivity contribution in [1.29, 1.82) is 0 Å². The van der Waals surface area contributed by atoms with Gasteiger partial charge in [-0.05, 0) is 37.3 Å². The highest BCUT2D eigenvalue weighted by Gasteiger charge is 2.21. The lowest BCUT2D eigenvalue weighted by Gasteiger charge is -2.29. The van der Waals surface area contributed by atoms with E-state index in [1.165, 1.54) is 0 Å². The number of nitrogens with two attached hydrogens (primary N) is 1. The third kappa shape index (κ3) is 3.96. The van der Waals surface area contributed by atoms with E-state index < -0.39 is 0 Å². The average molecular weight is 262 g/mol. The van der Waals surface area contributed by atoms with Gasteiger partial charge >= 0.3 is 0 Å². The minimum atomic E-state index is -0.294. The fraction of sp³-hybridized carbons (Fsp3) is 0.533. The molecule has 104 valence electrons. The Balaban J connectivity index is 1.97. The number of benzene rings is 1. The van der Waals surface area contributed by atoms with Crippen LogP contribution in [0.15, 0.2) is 24.3 Å². The monoisotopic (exact) mass is 262 g/mol. The van der Waals surface area contributed by atoms with Crippen molar-refractivity contribution in [3.05, 3.63) is 29.8 Å². The molecule has 4 nitrogen and oxygen atoms in total. The Morgan fingerprint density at radius 3 is 2.63 bits per heavy atom. The minimum Gasteiger partial charge on any atom is -0.382 e. The average Bonchev–Trinajstić information content (AvgIpc) is 2.41. The molecule has 1 aliphatic carbocycles. The third-order valence-corrected chi connectivity index (χ3v) is 3.75. The van der Waals surface area contributed by atoms with Crippen LogP contribution in [0.4, 0.5) is 5.69 Å². The highest BCUT2D eigenvalue weighted by atomic mass is 16.5. The van der Waals surface area contributed by atoms with Crippen molar-refractivity contribution < 1.29 is 9.53 Å². The Hall–Kier alpha value is -1.55. The molecule has 1 saturated carbocycles. The maximum Gasteiger partial charge on any atom is 0.221 e. The van der Waals surface area contributed by atoms with Crippen molar-refractivity contribution in [2.75, 3.05) is 12.4 Å². The third-order valence-electron chi connectivity index (χ3n) is 3.75. The number of amides is 1. The van der Waals surface area contributed by atoms with Gasteiger partial charge in [0, 0.05) is 18.8 Å². The van der Waals surface area contributed by atoms with Crippen LogP contribution in [0.3, 0.4) is 0 Å². The summed E-state index contributed by atoms with van der Waals surface area (Å²) in [6.07, 6.45) is 5.07. The molecule has 1 aliphatic rings. The number of para-hydroxylation sites is 1. The first-order chi connectivity index (χ1) is 9.19. The highest BCUT2D eigenvalue weighted by Crippen LogP contribution is 2.25. The van der Waals surface area contributed by atoms with Crippen LogP contribution in [0.25, 0.3) is 0 Å². The maximum atomic E-state index is 11.1. The van der Waals surface area contributed by atoms with E-state index in [-0.39, 0.29) is 12.3 Å². The number of nitrogens with one attached hydrogen (secondary N) is 1. The number of carbonyl (C=O) groups excluding carboxylic acids is 1.